The Balaban J connectivity index is 1.55. The van der Waals surface area contributed by atoms with Gasteiger partial charge in [0.1, 0.15) is 0 Å². The minimum atomic E-state index is 0.0481. The van der Waals surface area contributed by atoms with Gasteiger partial charge >= 0.3 is 0 Å². The molecule has 0 bridgehead atoms. The van der Waals surface area contributed by atoms with Crippen LogP contribution in [0.2, 0.25) is 0 Å². The Morgan fingerprint density at radius 1 is 1.17 bits per heavy atom. The highest BCUT2D eigenvalue weighted by atomic mass is 32.1. The van der Waals surface area contributed by atoms with Crippen molar-refractivity contribution in [3.05, 3.63) is 54.1 Å². The van der Waals surface area contributed by atoms with Gasteiger partial charge in [0.15, 0.2) is 5.11 Å². The van der Waals surface area contributed by atoms with Crippen molar-refractivity contribution in [3.63, 3.8) is 0 Å². The smallest absolute Gasteiger partial charge is 0.170 e. The van der Waals surface area contributed by atoms with Crippen LogP contribution in [0.3, 0.4) is 0 Å². The van der Waals surface area contributed by atoms with Gasteiger partial charge in [-0.2, -0.15) is 0 Å². The van der Waals surface area contributed by atoms with E-state index < -0.39 is 0 Å². The van der Waals surface area contributed by atoms with Crippen LogP contribution in [0, 0.1) is 0 Å². The molecule has 1 N–H and O–H groups in total. The number of aromatic nitrogens is 2. The van der Waals surface area contributed by atoms with Crippen LogP contribution in [0.15, 0.2) is 42.9 Å². The van der Waals surface area contributed by atoms with Crippen molar-refractivity contribution >= 4 is 17.3 Å². The third-order valence-electron chi connectivity index (χ3n) is 6.01. The summed E-state index contributed by atoms with van der Waals surface area (Å²) in [6.07, 6.45) is 7.38. The second kappa shape index (κ2) is 9.04. The summed E-state index contributed by atoms with van der Waals surface area (Å²) in [5.41, 5.74) is 2.36. The maximum Gasteiger partial charge on any atom is 0.170 e. The molecular formula is C23H33N5OS. The van der Waals surface area contributed by atoms with Gasteiger partial charge in [-0.25, -0.2) is 0 Å². The molecule has 4 rings (SSSR count). The van der Waals surface area contributed by atoms with Gasteiger partial charge in [0.05, 0.1) is 31.0 Å². The zero-order chi connectivity index (χ0) is 21.1. The molecule has 2 saturated heterocycles. The van der Waals surface area contributed by atoms with Crippen LogP contribution in [-0.2, 0) is 10.3 Å². The first-order valence-corrected chi connectivity index (χ1v) is 11.3. The predicted molar refractivity (Wildman–Crippen MR) is 123 cm³/mol. The van der Waals surface area contributed by atoms with Crippen LogP contribution in [0.25, 0.3) is 0 Å². The Hall–Kier alpha value is -1.96. The topological polar surface area (TPSA) is 45.6 Å². The van der Waals surface area contributed by atoms with Gasteiger partial charge in [0.25, 0.3) is 0 Å². The van der Waals surface area contributed by atoms with Crippen LogP contribution in [-0.4, -0.2) is 63.9 Å². The van der Waals surface area contributed by atoms with Crippen molar-refractivity contribution in [1.82, 2.24) is 24.7 Å². The Bertz CT molecular complexity index is 841. The number of nitrogens with one attached hydrogen (secondary N) is 1. The van der Waals surface area contributed by atoms with Crippen LogP contribution < -0.4 is 5.32 Å². The lowest BCUT2D eigenvalue weighted by Gasteiger charge is -2.30. The monoisotopic (exact) mass is 427 g/mol. The zero-order valence-corrected chi connectivity index (χ0v) is 19.1. The second-order valence-electron chi connectivity index (χ2n) is 9.15. The summed E-state index contributed by atoms with van der Waals surface area (Å²) in [5.74, 6) is 0. The molecule has 0 unspecified atom stereocenters. The number of rotatable bonds is 6. The van der Waals surface area contributed by atoms with Crippen molar-refractivity contribution in [1.29, 1.82) is 0 Å². The molecule has 30 heavy (non-hydrogen) atoms. The first-order valence-electron chi connectivity index (χ1n) is 10.9. The summed E-state index contributed by atoms with van der Waals surface area (Å²) in [7, 11) is 0. The first kappa shape index (κ1) is 21.3. The van der Waals surface area contributed by atoms with Crippen molar-refractivity contribution in [2.24, 2.45) is 0 Å². The van der Waals surface area contributed by atoms with Gasteiger partial charge in [0, 0.05) is 50.3 Å². The van der Waals surface area contributed by atoms with Crippen molar-refractivity contribution in [2.75, 3.05) is 39.4 Å². The molecule has 162 valence electrons. The number of hydrogen-bond acceptors (Lipinski definition) is 4. The van der Waals surface area contributed by atoms with E-state index in [-0.39, 0.29) is 17.6 Å². The maximum absolute atomic E-state index is 5.79. The fraction of sp³-hybridized carbons (Fsp3) is 0.565. The molecule has 4 heterocycles. The summed E-state index contributed by atoms with van der Waals surface area (Å²) in [5, 5.41) is 4.38. The first-order chi connectivity index (χ1) is 14.4. The molecule has 0 saturated carbocycles. The van der Waals surface area contributed by atoms with E-state index >= 15 is 0 Å². The summed E-state index contributed by atoms with van der Waals surface area (Å²) in [4.78, 5) is 9.48. The van der Waals surface area contributed by atoms with Crippen LogP contribution in [0.4, 0.5) is 0 Å². The maximum atomic E-state index is 5.79. The number of pyridine rings is 1. The molecule has 0 amide bonds. The molecule has 6 nitrogen and oxygen atoms in total. The van der Waals surface area contributed by atoms with Crippen LogP contribution >= 0.6 is 12.2 Å². The SMILES string of the molecule is CC(C)(C)n1ccc([C@@H]2[C@H](c3ccccn3)NC(=S)N2CCCN2CCOCC2)c1. The molecule has 2 aliphatic rings. The Morgan fingerprint density at radius 2 is 1.97 bits per heavy atom. The quantitative estimate of drug-likeness (QED) is 0.714. The Labute approximate surface area is 185 Å². The number of thiocarbonyl (C=S) groups is 1. The molecule has 7 heteroatoms. The summed E-state index contributed by atoms with van der Waals surface area (Å²) < 4.78 is 7.75. The third kappa shape index (κ3) is 4.68. The lowest BCUT2D eigenvalue weighted by Crippen LogP contribution is -2.38. The molecule has 2 aromatic rings. The lowest BCUT2D eigenvalue weighted by molar-refractivity contribution is 0.0365. The number of hydrogen-bond donors (Lipinski definition) is 1. The van der Waals surface area contributed by atoms with E-state index in [9.17, 15) is 0 Å². The summed E-state index contributed by atoms with van der Waals surface area (Å²) >= 11 is 5.79. The Morgan fingerprint density at radius 3 is 2.63 bits per heavy atom. The molecular weight excluding hydrogens is 394 g/mol. The fourth-order valence-electron chi connectivity index (χ4n) is 4.30. The molecule has 0 aliphatic carbocycles. The van der Waals surface area contributed by atoms with Crippen LogP contribution in [0.1, 0.15) is 50.5 Å². The number of ether oxygens (including phenoxy) is 1. The number of morpholine rings is 1. The normalized spacial score (nSPS) is 23.0. The average molecular weight is 428 g/mol. The minimum absolute atomic E-state index is 0.0481. The van der Waals surface area contributed by atoms with Gasteiger partial charge in [0.2, 0.25) is 0 Å². The highest BCUT2D eigenvalue weighted by molar-refractivity contribution is 7.80. The molecule has 2 aliphatic heterocycles. The van der Waals surface area contributed by atoms with Gasteiger partial charge in [-0.05, 0) is 63.2 Å². The van der Waals surface area contributed by atoms with E-state index in [2.05, 4.69) is 70.0 Å². The molecule has 0 spiro atoms. The van der Waals surface area contributed by atoms with Gasteiger partial charge < -0.3 is 19.5 Å². The van der Waals surface area contributed by atoms with E-state index in [4.69, 9.17) is 17.0 Å². The molecule has 2 fully saturated rings. The molecule has 0 radical (unpaired) electrons. The number of nitrogens with zero attached hydrogens (tertiary/aromatic N) is 4. The third-order valence-corrected chi connectivity index (χ3v) is 6.36. The molecule has 2 atom stereocenters. The van der Waals surface area contributed by atoms with E-state index in [1.54, 1.807) is 0 Å². The van der Waals surface area contributed by atoms with Gasteiger partial charge in [-0.1, -0.05) is 6.07 Å². The van der Waals surface area contributed by atoms with E-state index in [1.165, 1.54) is 5.56 Å². The van der Waals surface area contributed by atoms with E-state index in [0.29, 0.717) is 0 Å². The summed E-state index contributed by atoms with van der Waals surface area (Å²) in [6, 6.07) is 8.52. The molecule has 2 aromatic heterocycles. The van der Waals surface area contributed by atoms with Gasteiger partial charge in [-0.15, -0.1) is 0 Å². The minimum Gasteiger partial charge on any atom is -0.379 e. The lowest BCUT2D eigenvalue weighted by atomic mass is 9.99. The van der Waals surface area contributed by atoms with E-state index in [1.807, 2.05) is 18.3 Å². The van der Waals surface area contributed by atoms with Crippen molar-refractivity contribution in [2.45, 2.75) is 44.8 Å². The Kier molecular flexibility index (Phi) is 6.41. The fourth-order valence-corrected chi connectivity index (χ4v) is 4.64. The summed E-state index contributed by atoms with van der Waals surface area (Å²) in [6.45, 7) is 12.4. The zero-order valence-electron chi connectivity index (χ0n) is 18.3. The standard InChI is InChI=1S/C23H33N5OS/c1-23(2,3)27-12-8-18(17-27)21-20(19-7-4-5-9-24-19)25-22(30)28(21)11-6-10-26-13-15-29-16-14-26/h4-5,7-9,12,17,20-21H,6,10-11,13-16H2,1-3H3,(H,25,30)/t20-,21+/m0/s1. The van der Waals surface area contributed by atoms with Crippen LogP contribution in [0.5, 0.6) is 0 Å². The van der Waals surface area contributed by atoms with Gasteiger partial charge in [-0.3, -0.25) is 9.88 Å². The molecule has 0 aromatic carbocycles. The van der Waals surface area contributed by atoms with Crippen molar-refractivity contribution < 1.29 is 4.74 Å². The highest BCUT2D eigenvalue weighted by Crippen LogP contribution is 2.39. The predicted octanol–water partition coefficient (Wildman–Crippen LogP) is 3.33. The second-order valence-corrected chi connectivity index (χ2v) is 9.54. The van der Waals surface area contributed by atoms with E-state index in [0.717, 1.165) is 56.6 Å². The van der Waals surface area contributed by atoms with Crippen molar-refractivity contribution in [3.8, 4) is 0 Å². The highest BCUT2D eigenvalue weighted by Gasteiger charge is 2.40. The average Bonchev–Trinajstić information content (AvgIpc) is 3.35. The largest absolute Gasteiger partial charge is 0.379 e.